The Hall–Kier alpha value is -0.940. The molecule has 1 saturated heterocycles. The molecule has 15 heavy (non-hydrogen) atoms. The molecule has 0 aliphatic carbocycles. The molecule has 2 N–H and O–H groups in total. The van der Waals surface area contributed by atoms with Crippen LogP contribution in [0.3, 0.4) is 0 Å². The number of nitrogens with one attached hydrogen (secondary N) is 2. The van der Waals surface area contributed by atoms with Crippen LogP contribution in [-0.4, -0.2) is 30.3 Å². The molecule has 84 valence electrons. The van der Waals surface area contributed by atoms with Crippen molar-refractivity contribution in [3.8, 4) is 0 Å². The fourth-order valence-electron chi connectivity index (χ4n) is 1.95. The molecular weight excluding hydrogens is 192 g/mol. The highest BCUT2D eigenvalue weighted by Gasteiger charge is 2.16. The van der Waals surface area contributed by atoms with E-state index in [1.165, 1.54) is 12.8 Å². The van der Waals surface area contributed by atoms with E-state index in [0.29, 0.717) is 18.4 Å². The van der Waals surface area contributed by atoms with E-state index in [-0.39, 0.29) is 0 Å². The fourth-order valence-corrected chi connectivity index (χ4v) is 1.95. The van der Waals surface area contributed by atoms with Gasteiger partial charge in [-0.1, -0.05) is 5.16 Å². The van der Waals surface area contributed by atoms with E-state index in [0.717, 1.165) is 25.3 Å². The molecule has 0 aromatic carbocycles. The van der Waals surface area contributed by atoms with Crippen LogP contribution < -0.4 is 10.6 Å². The number of aromatic nitrogens is 2. The van der Waals surface area contributed by atoms with Gasteiger partial charge in [-0.15, -0.1) is 0 Å². The minimum atomic E-state index is 0.649. The third-order valence-corrected chi connectivity index (χ3v) is 2.71. The van der Waals surface area contributed by atoms with Gasteiger partial charge in [-0.05, 0) is 38.9 Å². The van der Waals surface area contributed by atoms with Crippen LogP contribution in [-0.2, 0) is 13.0 Å². The molecule has 0 radical (unpaired) electrons. The normalized spacial score (nSPS) is 21.8. The molecule has 0 spiro atoms. The van der Waals surface area contributed by atoms with Gasteiger partial charge in [0, 0.05) is 6.42 Å². The van der Waals surface area contributed by atoms with Crippen molar-refractivity contribution in [3.63, 3.8) is 0 Å². The highest BCUT2D eigenvalue weighted by atomic mass is 16.5. The van der Waals surface area contributed by atoms with Crippen molar-refractivity contribution in [1.82, 2.24) is 20.8 Å². The fraction of sp³-hybridized carbons (Fsp3) is 0.800. The summed E-state index contributed by atoms with van der Waals surface area (Å²) >= 11 is 0. The monoisotopic (exact) mass is 210 g/mol. The molecule has 1 aliphatic heterocycles. The molecule has 1 aromatic heterocycles. The molecule has 5 heteroatoms. The van der Waals surface area contributed by atoms with E-state index in [9.17, 15) is 0 Å². The van der Waals surface area contributed by atoms with Gasteiger partial charge in [0.1, 0.15) is 0 Å². The number of piperidine rings is 1. The number of nitrogens with zero attached hydrogens (tertiary/aromatic N) is 2. The van der Waals surface area contributed by atoms with E-state index in [4.69, 9.17) is 4.52 Å². The molecule has 1 aliphatic rings. The third kappa shape index (κ3) is 3.00. The highest BCUT2D eigenvalue weighted by Crippen LogP contribution is 2.14. The van der Waals surface area contributed by atoms with Gasteiger partial charge < -0.3 is 15.2 Å². The van der Waals surface area contributed by atoms with Crippen LogP contribution in [0.5, 0.6) is 0 Å². The second-order valence-electron chi connectivity index (χ2n) is 4.05. The Morgan fingerprint density at radius 3 is 3.27 bits per heavy atom. The van der Waals surface area contributed by atoms with Crippen molar-refractivity contribution >= 4 is 0 Å². The Kier molecular flexibility index (Phi) is 3.69. The third-order valence-electron chi connectivity index (χ3n) is 2.71. The Morgan fingerprint density at radius 2 is 2.53 bits per heavy atom. The summed E-state index contributed by atoms with van der Waals surface area (Å²) in [7, 11) is 1.87. The summed E-state index contributed by atoms with van der Waals surface area (Å²) in [5.74, 6) is 2.18. The molecule has 0 amide bonds. The zero-order valence-electron chi connectivity index (χ0n) is 9.12. The number of hydrogen-bond donors (Lipinski definition) is 2. The highest BCUT2D eigenvalue weighted by molar-refractivity contribution is 4.89. The SMILES string of the molecule is CNCc1nc(CC2CCCNC2)no1. The lowest BCUT2D eigenvalue weighted by Crippen LogP contribution is -2.31. The minimum Gasteiger partial charge on any atom is -0.338 e. The topological polar surface area (TPSA) is 63.0 Å². The molecule has 1 fully saturated rings. The second kappa shape index (κ2) is 5.23. The van der Waals surface area contributed by atoms with Gasteiger partial charge in [-0.2, -0.15) is 4.98 Å². The van der Waals surface area contributed by atoms with E-state index in [2.05, 4.69) is 20.8 Å². The maximum absolute atomic E-state index is 5.10. The van der Waals surface area contributed by atoms with Crippen molar-refractivity contribution in [2.75, 3.05) is 20.1 Å². The quantitative estimate of drug-likeness (QED) is 0.750. The predicted molar refractivity (Wildman–Crippen MR) is 56.4 cm³/mol. The Bertz CT molecular complexity index is 293. The molecule has 0 saturated carbocycles. The maximum Gasteiger partial charge on any atom is 0.240 e. The largest absolute Gasteiger partial charge is 0.338 e. The van der Waals surface area contributed by atoms with Crippen LogP contribution in [0.1, 0.15) is 24.6 Å². The maximum atomic E-state index is 5.10. The van der Waals surface area contributed by atoms with Crippen LogP contribution >= 0.6 is 0 Å². The van der Waals surface area contributed by atoms with Crippen LogP contribution in [0, 0.1) is 5.92 Å². The van der Waals surface area contributed by atoms with Gasteiger partial charge in [-0.3, -0.25) is 0 Å². The van der Waals surface area contributed by atoms with E-state index < -0.39 is 0 Å². The molecule has 1 atom stereocenters. The molecule has 2 heterocycles. The van der Waals surface area contributed by atoms with E-state index >= 15 is 0 Å². The summed E-state index contributed by atoms with van der Waals surface area (Å²) in [4.78, 5) is 4.33. The van der Waals surface area contributed by atoms with Gasteiger partial charge in [-0.25, -0.2) is 0 Å². The van der Waals surface area contributed by atoms with Crippen molar-refractivity contribution in [2.24, 2.45) is 5.92 Å². The first-order chi connectivity index (χ1) is 7.38. The Balaban J connectivity index is 1.86. The van der Waals surface area contributed by atoms with Crippen molar-refractivity contribution in [2.45, 2.75) is 25.8 Å². The second-order valence-corrected chi connectivity index (χ2v) is 4.05. The molecule has 2 rings (SSSR count). The van der Waals surface area contributed by atoms with E-state index in [1.54, 1.807) is 0 Å². The van der Waals surface area contributed by atoms with Crippen LogP contribution in [0.2, 0.25) is 0 Å². The summed E-state index contributed by atoms with van der Waals surface area (Å²) in [6.07, 6.45) is 3.45. The smallest absolute Gasteiger partial charge is 0.240 e. The van der Waals surface area contributed by atoms with Gasteiger partial charge in [0.05, 0.1) is 6.54 Å². The number of hydrogen-bond acceptors (Lipinski definition) is 5. The standard InChI is InChI=1S/C10H18N4O/c1-11-7-10-13-9(14-15-10)5-8-3-2-4-12-6-8/h8,11-12H,2-7H2,1H3. The Morgan fingerprint density at radius 1 is 1.60 bits per heavy atom. The first-order valence-electron chi connectivity index (χ1n) is 5.55. The van der Waals surface area contributed by atoms with Crippen molar-refractivity contribution < 1.29 is 4.52 Å². The van der Waals surface area contributed by atoms with Gasteiger partial charge in [0.2, 0.25) is 5.89 Å². The van der Waals surface area contributed by atoms with E-state index in [1.807, 2.05) is 7.05 Å². The zero-order valence-corrected chi connectivity index (χ0v) is 9.12. The van der Waals surface area contributed by atoms with Gasteiger partial charge in [0.25, 0.3) is 0 Å². The lowest BCUT2D eigenvalue weighted by Gasteiger charge is -2.20. The number of rotatable bonds is 4. The molecular formula is C10H18N4O. The predicted octanol–water partition coefficient (Wildman–Crippen LogP) is 0.331. The van der Waals surface area contributed by atoms with Crippen molar-refractivity contribution in [1.29, 1.82) is 0 Å². The minimum absolute atomic E-state index is 0.649. The molecule has 1 unspecified atom stereocenters. The van der Waals surface area contributed by atoms with Gasteiger partial charge >= 0.3 is 0 Å². The summed E-state index contributed by atoms with van der Waals surface area (Å²) in [6, 6.07) is 0. The zero-order chi connectivity index (χ0) is 10.5. The average molecular weight is 210 g/mol. The first kappa shape index (κ1) is 10.6. The van der Waals surface area contributed by atoms with Crippen molar-refractivity contribution in [3.05, 3.63) is 11.7 Å². The molecule has 1 aromatic rings. The Labute approximate surface area is 89.6 Å². The van der Waals surface area contributed by atoms with Crippen LogP contribution in [0.25, 0.3) is 0 Å². The summed E-state index contributed by atoms with van der Waals surface area (Å²) < 4.78 is 5.10. The molecule has 0 bridgehead atoms. The first-order valence-corrected chi connectivity index (χ1v) is 5.55. The lowest BCUT2D eigenvalue weighted by molar-refractivity contribution is 0.347. The van der Waals surface area contributed by atoms with Crippen LogP contribution in [0.15, 0.2) is 4.52 Å². The van der Waals surface area contributed by atoms with Crippen LogP contribution in [0.4, 0.5) is 0 Å². The summed E-state index contributed by atoms with van der Waals surface area (Å²) in [5, 5.41) is 10.4. The van der Waals surface area contributed by atoms with Gasteiger partial charge in [0.15, 0.2) is 5.82 Å². The summed E-state index contributed by atoms with van der Waals surface area (Å²) in [6.45, 7) is 2.87. The summed E-state index contributed by atoms with van der Waals surface area (Å²) in [5.41, 5.74) is 0. The molecule has 5 nitrogen and oxygen atoms in total. The average Bonchev–Trinajstić information content (AvgIpc) is 2.68. The lowest BCUT2D eigenvalue weighted by atomic mass is 9.96.